The summed E-state index contributed by atoms with van der Waals surface area (Å²) in [4.78, 5) is 10.8. The predicted molar refractivity (Wildman–Crippen MR) is 66.0 cm³/mol. The molecule has 0 spiro atoms. The summed E-state index contributed by atoms with van der Waals surface area (Å²) >= 11 is 3.28. The maximum atomic E-state index is 13.0. The smallest absolute Gasteiger partial charge is 0.153 e. The third kappa shape index (κ3) is 2.91. The Morgan fingerprint density at radius 3 is 2.71 bits per heavy atom. The van der Waals surface area contributed by atoms with Gasteiger partial charge >= 0.3 is 0 Å². The van der Waals surface area contributed by atoms with Gasteiger partial charge in [0.2, 0.25) is 0 Å². The molecule has 0 saturated heterocycles. The second-order valence-corrected chi connectivity index (χ2v) is 4.28. The van der Waals surface area contributed by atoms with E-state index in [0.717, 1.165) is 4.47 Å². The molecule has 2 aromatic carbocycles. The highest BCUT2D eigenvalue weighted by Crippen LogP contribution is 2.27. The van der Waals surface area contributed by atoms with Crippen LogP contribution in [0.4, 0.5) is 4.39 Å². The molecule has 0 aliphatic heterocycles. The van der Waals surface area contributed by atoms with Crippen LogP contribution in [0.3, 0.4) is 0 Å². The summed E-state index contributed by atoms with van der Waals surface area (Å²) in [5.41, 5.74) is 0.414. The van der Waals surface area contributed by atoms with Crippen LogP contribution in [0.5, 0.6) is 11.5 Å². The van der Waals surface area contributed by atoms with Gasteiger partial charge in [0.05, 0.1) is 5.56 Å². The Labute approximate surface area is 106 Å². The number of ether oxygens (including phenoxy) is 1. The molecule has 17 heavy (non-hydrogen) atoms. The normalized spacial score (nSPS) is 10.0. The molecular weight excluding hydrogens is 287 g/mol. The molecule has 0 unspecified atom stereocenters. The SMILES string of the molecule is O=Cc1ccc(Br)cc1Oc1cccc(F)c1. The topological polar surface area (TPSA) is 26.3 Å². The first kappa shape index (κ1) is 11.8. The largest absolute Gasteiger partial charge is 0.456 e. The Bertz CT molecular complexity index is 555. The molecule has 0 N–H and O–H groups in total. The summed E-state index contributed by atoms with van der Waals surface area (Å²) < 4.78 is 19.2. The van der Waals surface area contributed by atoms with Crippen molar-refractivity contribution in [2.75, 3.05) is 0 Å². The first-order chi connectivity index (χ1) is 8.19. The Balaban J connectivity index is 2.35. The van der Waals surface area contributed by atoms with Crippen LogP contribution in [0.15, 0.2) is 46.9 Å². The van der Waals surface area contributed by atoms with Crippen molar-refractivity contribution in [2.24, 2.45) is 0 Å². The molecule has 2 aromatic rings. The molecule has 4 heteroatoms. The number of hydrogen-bond donors (Lipinski definition) is 0. The average Bonchev–Trinajstić information content (AvgIpc) is 2.29. The number of rotatable bonds is 3. The lowest BCUT2D eigenvalue weighted by molar-refractivity contribution is 0.112. The van der Waals surface area contributed by atoms with Gasteiger partial charge in [0, 0.05) is 10.5 Å². The number of benzene rings is 2. The van der Waals surface area contributed by atoms with Crippen molar-refractivity contribution in [1.82, 2.24) is 0 Å². The Morgan fingerprint density at radius 1 is 1.18 bits per heavy atom. The molecule has 86 valence electrons. The van der Waals surface area contributed by atoms with Crippen LogP contribution in [0.25, 0.3) is 0 Å². The molecule has 0 bridgehead atoms. The Morgan fingerprint density at radius 2 is 2.00 bits per heavy atom. The van der Waals surface area contributed by atoms with E-state index in [9.17, 15) is 9.18 Å². The van der Waals surface area contributed by atoms with Gasteiger partial charge in [-0.05, 0) is 30.3 Å². The van der Waals surface area contributed by atoms with Gasteiger partial charge in [-0.3, -0.25) is 4.79 Å². The van der Waals surface area contributed by atoms with Crippen molar-refractivity contribution < 1.29 is 13.9 Å². The van der Waals surface area contributed by atoms with Crippen molar-refractivity contribution in [3.63, 3.8) is 0 Å². The fourth-order valence-electron chi connectivity index (χ4n) is 1.35. The highest BCUT2D eigenvalue weighted by molar-refractivity contribution is 9.10. The van der Waals surface area contributed by atoms with Gasteiger partial charge < -0.3 is 4.74 Å². The zero-order chi connectivity index (χ0) is 12.3. The van der Waals surface area contributed by atoms with Crippen LogP contribution in [0, 0.1) is 5.82 Å². The minimum absolute atomic E-state index is 0.353. The second-order valence-electron chi connectivity index (χ2n) is 3.36. The van der Waals surface area contributed by atoms with E-state index in [4.69, 9.17) is 4.74 Å². The summed E-state index contributed by atoms with van der Waals surface area (Å²) in [5, 5.41) is 0. The Kier molecular flexibility index (Phi) is 3.54. The summed E-state index contributed by atoms with van der Waals surface area (Å²) in [5.74, 6) is 0.358. The summed E-state index contributed by atoms with van der Waals surface area (Å²) in [7, 11) is 0. The molecule has 0 radical (unpaired) electrons. The molecule has 2 rings (SSSR count). The lowest BCUT2D eigenvalue weighted by Gasteiger charge is -2.08. The monoisotopic (exact) mass is 294 g/mol. The number of aldehydes is 1. The van der Waals surface area contributed by atoms with Gasteiger partial charge in [-0.15, -0.1) is 0 Å². The van der Waals surface area contributed by atoms with E-state index in [1.807, 2.05) is 0 Å². The van der Waals surface area contributed by atoms with Crippen molar-refractivity contribution in [3.05, 3.63) is 58.3 Å². The van der Waals surface area contributed by atoms with Crippen LogP contribution in [-0.2, 0) is 0 Å². The first-order valence-electron chi connectivity index (χ1n) is 4.87. The van der Waals surface area contributed by atoms with Gasteiger partial charge in [0.25, 0.3) is 0 Å². The fourth-order valence-corrected chi connectivity index (χ4v) is 1.69. The van der Waals surface area contributed by atoms with E-state index >= 15 is 0 Å². The number of carbonyl (C=O) groups excluding carboxylic acids is 1. The molecule has 0 aromatic heterocycles. The summed E-state index contributed by atoms with van der Waals surface area (Å²) in [6.45, 7) is 0. The minimum atomic E-state index is -0.384. The maximum absolute atomic E-state index is 13.0. The van der Waals surface area contributed by atoms with Gasteiger partial charge in [-0.2, -0.15) is 0 Å². The molecular formula is C13H8BrFO2. The lowest BCUT2D eigenvalue weighted by Crippen LogP contribution is -1.90. The highest BCUT2D eigenvalue weighted by Gasteiger charge is 2.05. The zero-order valence-corrected chi connectivity index (χ0v) is 10.3. The van der Waals surface area contributed by atoms with E-state index in [1.54, 1.807) is 30.3 Å². The average molecular weight is 295 g/mol. The quantitative estimate of drug-likeness (QED) is 0.793. The van der Waals surface area contributed by atoms with Crippen molar-refractivity contribution in [1.29, 1.82) is 0 Å². The molecule has 0 fully saturated rings. The predicted octanol–water partition coefficient (Wildman–Crippen LogP) is 4.19. The molecule has 0 aliphatic carbocycles. The molecule has 0 heterocycles. The highest BCUT2D eigenvalue weighted by atomic mass is 79.9. The van der Waals surface area contributed by atoms with Gasteiger partial charge in [-0.25, -0.2) is 4.39 Å². The molecule has 0 amide bonds. The number of halogens is 2. The van der Waals surface area contributed by atoms with E-state index in [1.165, 1.54) is 12.1 Å². The van der Waals surface area contributed by atoms with E-state index < -0.39 is 0 Å². The third-order valence-electron chi connectivity index (χ3n) is 2.13. The summed E-state index contributed by atoms with van der Waals surface area (Å²) in [6, 6.07) is 10.8. The molecule has 2 nitrogen and oxygen atoms in total. The van der Waals surface area contributed by atoms with Crippen molar-refractivity contribution in [2.45, 2.75) is 0 Å². The van der Waals surface area contributed by atoms with Crippen LogP contribution in [0.1, 0.15) is 10.4 Å². The fraction of sp³-hybridized carbons (Fsp3) is 0. The van der Waals surface area contributed by atoms with Crippen LogP contribution in [0.2, 0.25) is 0 Å². The van der Waals surface area contributed by atoms with E-state index in [2.05, 4.69) is 15.9 Å². The number of carbonyl (C=O) groups is 1. The first-order valence-corrected chi connectivity index (χ1v) is 5.66. The summed E-state index contributed by atoms with van der Waals surface area (Å²) in [6.07, 6.45) is 0.696. The van der Waals surface area contributed by atoms with Gasteiger partial charge in [0.15, 0.2) is 6.29 Å². The maximum Gasteiger partial charge on any atom is 0.153 e. The van der Waals surface area contributed by atoms with Crippen molar-refractivity contribution >= 4 is 22.2 Å². The molecule has 0 aliphatic rings. The second kappa shape index (κ2) is 5.10. The Hall–Kier alpha value is -1.68. The van der Waals surface area contributed by atoms with Crippen LogP contribution >= 0.6 is 15.9 Å². The minimum Gasteiger partial charge on any atom is -0.456 e. The van der Waals surface area contributed by atoms with Gasteiger partial charge in [-0.1, -0.05) is 22.0 Å². The van der Waals surface area contributed by atoms with Crippen molar-refractivity contribution in [3.8, 4) is 11.5 Å². The molecule has 0 saturated carbocycles. The third-order valence-corrected chi connectivity index (χ3v) is 2.62. The van der Waals surface area contributed by atoms with Gasteiger partial charge in [0.1, 0.15) is 17.3 Å². The van der Waals surface area contributed by atoms with E-state index in [-0.39, 0.29) is 5.82 Å². The van der Waals surface area contributed by atoms with Crippen LogP contribution < -0.4 is 4.74 Å². The lowest BCUT2D eigenvalue weighted by atomic mass is 10.2. The zero-order valence-electron chi connectivity index (χ0n) is 8.69. The number of hydrogen-bond acceptors (Lipinski definition) is 2. The van der Waals surface area contributed by atoms with Crippen LogP contribution in [-0.4, -0.2) is 6.29 Å². The molecule has 0 atom stereocenters. The standard InChI is InChI=1S/C13H8BrFO2/c14-10-5-4-9(8-16)13(6-10)17-12-3-1-2-11(15)7-12/h1-8H. The van der Waals surface area contributed by atoms with E-state index in [0.29, 0.717) is 23.3 Å².